The highest BCUT2D eigenvalue weighted by molar-refractivity contribution is 4.37. The molecule has 2 heteroatoms. The Morgan fingerprint density at radius 1 is 0.750 bits per heavy atom. The van der Waals surface area contributed by atoms with Gasteiger partial charge in [-0.25, -0.2) is 0 Å². The molecule has 0 radical (unpaired) electrons. The molecule has 0 aromatic rings. The van der Waals surface area contributed by atoms with Crippen LogP contribution in [0.5, 0.6) is 0 Å². The highest BCUT2D eigenvalue weighted by Crippen LogP contribution is 1.85. The van der Waals surface area contributed by atoms with E-state index in [4.69, 9.17) is 9.47 Å². The first-order chi connectivity index (χ1) is 4.00. The molecule has 0 spiro atoms. The summed E-state index contributed by atoms with van der Waals surface area (Å²) in [6.07, 6.45) is 0. The molecule has 0 unspecified atom stereocenters. The molecule has 0 N–H and O–H groups in total. The lowest BCUT2D eigenvalue weighted by Crippen LogP contribution is -2.16. The molecule has 0 atom stereocenters. The summed E-state index contributed by atoms with van der Waals surface area (Å²) in [5, 5.41) is 0. The first kappa shape index (κ1) is 7.66. The van der Waals surface area contributed by atoms with Crippen molar-refractivity contribution in [2.24, 2.45) is 0 Å². The molecule has 0 amide bonds. The van der Waals surface area contributed by atoms with Crippen LogP contribution >= 0.6 is 0 Å². The van der Waals surface area contributed by atoms with Crippen molar-refractivity contribution in [1.29, 1.82) is 0 Å². The Morgan fingerprint density at radius 2 is 1.00 bits per heavy atom. The minimum absolute atomic E-state index is 0.778. The van der Waals surface area contributed by atoms with Crippen molar-refractivity contribution < 1.29 is 9.47 Å². The quantitative estimate of drug-likeness (QED) is 0.436. The topological polar surface area (TPSA) is 18.5 Å². The van der Waals surface area contributed by atoms with Gasteiger partial charge in [0.1, 0.15) is 0 Å². The third-order valence-corrected chi connectivity index (χ3v) is 0.744. The van der Waals surface area contributed by atoms with Crippen LogP contribution in [0, 0.1) is 0 Å². The number of rotatable bonds is 0. The standard InChI is InChI=1S/C4H8O2.C2H4/c1-2-6-4-3-5-1;1-2/h1-4H2;1-2H2. The van der Waals surface area contributed by atoms with Gasteiger partial charge in [0.15, 0.2) is 0 Å². The van der Waals surface area contributed by atoms with E-state index in [0.717, 1.165) is 26.4 Å². The maximum absolute atomic E-state index is 4.94. The zero-order valence-electron chi connectivity index (χ0n) is 5.06. The Bertz CT molecular complexity index is 30.3. The van der Waals surface area contributed by atoms with Crippen molar-refractivity contribution >= 4 is 0 Å². The predicted octanol–water partition coefficient (Wildman–Crippen LogP) is 0.835. The van der Waals surface area contributed by atoms with Gasteiger partial charge in [-0.3, -0.25) is 0 Å². The summed E-state index contributed by atoms with van der Waals surface area (Å²) in [6, 6.07) is 0. The molecule has 48 valence electrons. The molecule has 2 nitrogen and oxygen atoms in total. The monoisotopic (exact) mass is 116 g/mol. The third-order valence-electron chi connectivity index (χ3n) is 0.744. The molecular formula is C6H12O2. The van der Waals surface area contributed by atoms with Crippen LogP contribution in [0.25, 0.3) is 0 Å². The van der Waals surface area contributed by atoms with Gasteiger partial charge in [-0.2, -0.15) is 0 Å². The minimum Gasteiger partial charge on any atom is -0.377 e. The molecule has 8 heavy (non-hydrogen) atoms. The summed E-state index contributed by atoms with van der Waals surface area (Å²) in [6.45, 7) is 9.11. The average Bonchev–Trinajstić information content (AvgIpc) is 1.96. The van der Waals surface area contributed by atoms with Crippen molar-refractivity contribution in [3.05, 3.63) is 13.2 Å². The van der Waals surface area contributed by atoms with E-state index < -0.39 is 0 Å². The predicted molar refractivity (Wildman–Crippen MR) is 32.9 cm³/mol. The fraction of sp³-hybridized carbons (Fsp3) is 0.667. The van der Waals surface area contributed by atoms with E-state index in [1.54, 1.807) is 0 Å². The highest BCUT2D eigenvalue weighted by atomic mass is 16.6. The zero-order valence-corrected chi connectivity index (χ0v) is 5.06. The number of ether oxygens (including phenoxy) is 2. The lowest BCUT2D eigenvalue weighted by Gasteiger charge is -2.09. The Balaban J connectivity index is 0.000000222. The number of hydrogen-bond acceptors (Lipinski definition) is 2. The fourth-order valence-electron chi connectivity index (χ4n) is 0.440. The fourth-order valence-corrected chi connectivity index (χ4v) is 0.440. The lowest BCUT2D eigenvalue weighted by molar-refractivity contribution is -0.0334. The van der Waals surface area contributed by atoms with Gasteiger partial charge >= 0.3 is 0 Å². The Kier molecular flexibility index (Phi) is 6.38. The van der Waals surface area contributed by atoms with Gasteiger partial charge in [0.2, 0.25) is 0 Å². The lowest BCUT2D eigenvalue weighted by atomic mass is 10.6. The second-order valence-corrected chi connectivity index (χ2v) is 1.22. The molecule has 1 aliphatic rings. The third kappa shape index (κ3) is 3.84. The van der Waals surface area contributed by atoms with Gasteiger partial charge in [0.05, 0.1) is 26.4 Å². The summed E-state index contributed by atoms with van der Waals surface area (Å²) in [4.78, 5) is 0. The summed E-state index contributed by atoms with van der Waals surface area (Å²) in [5.74, 6) is 0. The highest BCUT2D eigenvalue weighted by Gasteiger charge is 1.94. The van der Waals surface area contributed by atoms with Crippen LogP contribution in [0.1, 0.15) is 0 Å². The van der Waals surface area contributed by atoms with Crippen molar-refractivity contribution in [2.75, 3.05) is 26.4 Å². The van der Waals surface area contributed by atoms with E-state index in [0.29, 0.717) is 0 Å². The van der Waals surface area contributed by atoms with Gasteiger partial charge in [0.25, 0.3) is 0 Å². The molecule has 0 aromatic heterocycles. The molecule has 1 saturated heterocycles. The van der Waals surface area contributed by atoms with Crippen LogP contribution in [0.3, 0.4) is 0 Å². The summed E-state index contributed by atoms with van der Waals surface area (Å²) < 4.78 is 9.89. The molecule has 0 bridgehead atoms. The van der Waals surface area contributed by atoms with Crippen molar-refractivity contribution in [3.63, 3.8) is 0 Å². The average molecular weight is 116 g/mol. The van der Waals surface area contributed by atoms with Crippen LogP contribution in [-0.2, 0) is 9.47 Å². The van der Waals surface area contributed by atoms with Gasteiger partial charge in [-0.1, -0.05) is 0 Å². The van der Waals surface area contributed by atoms with E-state index in [-0.39, 0.29) is 0 Å². The first-order valence-corrected chi connectivity index (χ1v) is 2.65. The normalized spacial score (nSPS) is 18.5. The second kappa shape index (κ2) is 6.66. The molecule has 0 aliphatic carbocycles. The SMILES string of the molecule is C1COCCO1.C=C. The largest absolute Gasteiger partial charge is 0.377 e. The minimum atomic E-state index is 0.778. The van der Waals surface area contributed by atoms with Crippen LogP contribution in [0.4, 0.5) is 0 Å². The number of hydrogen-bond donors (Lipinski definition) is 0. The summed E-state index contributed by atoms with van der Waals surface area (Å²) in [7, 11) is 0. The van der Waals surface area contributed by atoms with Crippen molar-refractivity contribution in [3.8, 4) is 0 Å². The maximum Gasteiger partial charge on any atom is 0.0701 e. The van der Waals surface area contributed by atoms with Crippen LogP contribution in [0.15, 0.2) is 13.2 Å². The molecule has 1 fully saturated rings. The summed E-state index contributed by atoms with van der Waals surface area (Å²) >= 11 is 0. The molecule has 0 aromatic carbocycles. The van der Waals surface area contributed by atoms with Gasteiger partial charge in [-0.15, -0.1) is 13.2 Å². The molecule has 1 rings (SSSR count). The van der Waals surface area contributed by atoms with Gasteiger partial charge < -0.3 is 9.47 Å². The Morgan fingerprint density at radius 3 is 1.12 bits per heavy atom. The van der Waals surface area contributed by atoms with Crippen molar-refractivity contribution in [1.82, 2.24) is 0 Å². The van der Waals surface area contributed by atoms with Crippen LogP contribution in [0.2, 0.25) is 0 Å². The van der Waals surface area contributed by atoms with Crippen LogP contribution < -0.4 is 0 Å². The molecule has 1 aliphatic heterocycles. The zero-order chi connectivity index (χ0) is 6.24. The van der Waals surface area contributed by atoms with E-state index in [9.17, 15) is 0 Å². The van der Waals surface area contributed by atoms with E-state index in [1.807, 2.05) is 0 Å². The van der Waals surface area contributed by atoms with E-state index in [1.165, 1.54) is 0 Å². The Labute approximate surface area is 50.1 Å². The molecular weight excluding hydrogens is 104 g/mol. The smallest absolute Gasteiger partial charge is 0.0701 e. The molecule has 1 heterocycles. The van der Waals surface area contributed by atoms with E-state index >= 15 is 0 Å². The van der Waals surface area contributed by atoms with Crippen LogP contribution in [-0.4, -0.2) is 26.4 Å². The summed E-state index contributed by atoms with van der Waals surface area (Å²) in [5.41, 5.74) is 0. The first-order valence-electron chi connectivity index (χ1n) is 2.65. The Hall–Kier alpha value is -0.340. The second-order valence-electron chi connectivity index (χ2n) is 1.22. The maximum atomic E-state index is 4.94. The van der Waals surface area contributed by atoms with Crippen molar-refractivity contribution in [2.45, 2.75) is 0 Å². The van der Waals surface area contributed by atoms with Gasteiger partial charge in [-0.05, 0) is 0 Å². The molecule has 0 saturated carbocycles. The van der Waals surface area contributed by atoms with Gasteiger partial charge in [0, 0.05) is 0 Å². The van der Waals surface area contributed by atoms with E-state index in [2.05, 4.69) is 13.2 Å².